The molecule has 0 bridgehead atoms. The topological polar surface area (TPSA) is 106 Å². The maximum Gasteiger partial charge on any atom is 0.308 e. The zero-order valence-corrected chi connectivity index (χ0v) is 11.0. The van der Waals surface area contributed by atoms with Crippen LogP contribution in [0.5, 0.6) is 0 Å². The van der Waals surface area contributed by atoms with E-state index in [0.717, 1.165) is 0 Å². The molecule has 0 aliphatic rings. The van der Waals surface area contributed by atoms with Gasteiger partial charge in [0, 0.05) is 17.1 Å². The van der Waals surface area contributed by atoms with Crippen LogP contribution in [0.1, 0.15) is 18.1 Å². The molecule has 0 radical (unpaired) electrons. The fourth-order valence-electron chi connectivity index (χ4n) is 2.05. The third-order valence-electron chi connectivity index (χ3n) is 3.14. The quantitative estimate of drug-likeness (QED) is 0.712. The van der Waals surface area contributed by atoms with Crippen molar-refractivity contribution in [3.63, 3.8) is 0 Å². The van der Waals surface area contributed by atoms with E-state index < -0.39 is 18.2 Å². The first-order valence-electron chi connectivity index (χ1n) is 6.10. The van der Waals surface area contributed by atoms with Gasteiger partial charge in [-0.15, -0.1) is 0 Å². The average Bonchev–Trinajstić information content (AvgIpc) is 2.47. The number of methoxy groups -OCH3 is 1. The normalized spacial score (nSPS) is 13.9. The van der Waals surface area contributed by atoms with E-state index in [1.54, 1.807) is 24.3 Å². The predicted molar refractivity (Wildman–Crippen MR) is 73.8 cm³/mol. The van der Waals surface area contributed by atoms with Gasteiger partial charge in [-0.2, -0.15) is 0 Å². The molecule has 0 saturated heterocycles. The van der Waals surface area contributed by atoms with Gasteiger partial charge in [0.2, 0.25) is 0 Å². The van der Waals surface area contributed by atoms with Crippen LogP contribution in [0.4, 0.5) is 5.82 Å². The maximum atomic E-state index is 11.1. The number of anilines is 1. The second-order valence-corrected chi connectivity index (χ2v) is 4.44. The molecule has 1 aromatic heterocycles. The van der Waals surface area contributed by atoms with Gasteiger partial charge < -0.3 is 20.7 Å². The highest BCUT2D eigenvalue weighted by molar-refractivity contribution is 5.93. The van der Waals surface area contributed by atoms with E-state index in [1.807, 2.05) is 0 Å². The van der Waals surface area contributed by atoms with Crippen molar-refractivity contribution in [2.24, 2.45) is 0 Å². The Hall–Kier alpha value is -2.18. The summed E-state index contributed by atoms with van der Waals surface area (Å²) in [6, 6.07) is 7.16. The highest BCUT2D eigenvalue weighted by Crippen LogP contribution is 2.29. The molecule has 0 saturated carbocycles. The standard InChI is InChI=1S/C14H16N2O4/c1-20-12(18)6-11(17)13(19)10-7-16-14(15)9-5-3-2-4-8(9)10/h2-5,7,11,13,17,19H,6H2,1H3,(H2,15,16). The van der Waals surface area contributed by atoms with Crippen LogP contribution in [0, 0.1) is 0 Å². The van der Waals surface area contributed by atoms with E-state index in [9.17, 15) is 15.0 Å². The monoisotopic (exact) mass is 276 g/mol. The van der Waals surface area contributed by atoms with Crippen LogP contribution in [0.2, 0.25) is 0 Å². The van der Waals surface area contributed by atoms with Crippen molar-refractivity contribution >= 4 is 22.6 Å². The highest BCUT2D eigenvalue weighted by Gasteiger charge is 2.24. The second-order valence-electron chi connectivity index (χ2n) is 4.44. The number of hydrogen-bond donors (Lipinski definition) is 3. The number of nitrogens with zero attached hydrogens (tertiary/aromatic N) is 1. The number of aliphatic hydroxyl groups excluding tert-OH is 2. The van der Waals surface area contributed by atoms with Crippen LogP contribution >= 0.6 is 0 Å². The molecule has 2 aromatic rings. The van der Waals surface area contributed by atoms with Crippen LogP contribution in [-0.2, 0) is 9.53 Å². The molecule has 0 fully saturated rings. The molecule has 4 N–H and O–H groups in total. The number of fused-ring (bicyclic) bond motifs is 1. The van der Waals surface area contributed by atoms with Crippen LogP contribution < -0.4 is 5.73 Å². The highest BCUT2D eigenvalue weighted by atomic mass is 16.5. The van der Waals surface area contributed by atoms with Crippen LogP contribution in [0.15, 0.2) is 30.5 Å². The summed E-state index contributed by atoms with van der Waals surface area (Å²) in [5.41, 5.74) is 6.20. The maximum absolute atomic E-state index is 11.1. The molecule has 2 rings (SSSR count). The molecule has 1 heterocycles. The third kappa shape index (κ3) is 2.71. The molecular formula is C14H16N2O4. The van der Waals surface area contributed by atoms with Crippen molar-refractivity contribution in [1.82, 2.24) is 4.98 Å². The predicted octanol–water partition coefficient (Wildman–Crippen LogP) is 0.774. The Morgan fingerprint density at radius 3 is 2.65 bits per heavy atom. The summed E-state index contributed by atoms with van der Waals surface area (Å²) < 4.78 is 4.47. The van der Waals surface area contributed by atoms with Crippen LogP contribution in [0.25, 0.3) is 10.8 Å². The molecule has 6 heteroatoms. The Bertz CT molecular complexity index is 630. The van der Waals surface area contributed by atoms with E-state index in [-0.39, 0.29) is 6.42 Å². The molecule has 0 aliphatic heterocycles. The van der Waals surface area contributed by atoms with Gasteiger partial charge in [-0.1, -0.05) is 24.3 Å². The van der Waals surface area contributed by atoms with Crippen LogP contribution in [-0.4, -0.2) is 34.4 Å². The summed E-state index contributed by atoms with van der Waals surface area (Å²) in [5, 5.41) is 21.5. The Morgan fingerprint density at radius 1 is 1.35 bits per heavy atom. The third-order valence-corrected chi connectivity index (χ3v) is 3.14. The zero-order valence-electron chi connectivity index (χ0n) is 11.0. The van der Waals surface area contributed by atoms with Gasteiger partial charge in [0.15, 0.2) is 0 Å². The van der Waals surface area contributed by atoms with Gasteiger partial charge >= 0.3 is 5.97 Å². The van der Waals surface area contributed by atoms with Gasteiger partial charge in [-0.05, 0) is 5.39 Å². The Labute approximate surface area is 115 Å². The molecule has 2 atom stereocenters. The first kappa shape index (κ1) is 14.2. The average molecular weight is 276 g/mol. The molecule has 1 aromatic carbocycles. The largest absolute Gasteiger partial charge is 0.469 e. The number of nitrogen functional groups attached to an aromatic ring is 1. The minimum atomic E-state index is -1.27. The number of carbonyl (C=O) groups is 1. The Morgan fingerprint density at radius 2 is 2.00 bits per heavy atom. The number of hydrogen-bond acceptors (Lipinski definition) is 6. The number of carbonyl (C=O) groups excluding carboxylic acids is 1. The lowest BCUT2D eigenvalue weighted by Gasteiger charge is -2.19. The van der Waals surface area contributed by atoms with E-state index >= 15 is 0 Å². The van der Waals surface area contributed by atoms with E-state index in [4.69, 9.17) is 5.73 Å². The fraction of sp³-hybridized carbons (Fsp3) is 0.286. The summed E-state index contributed by atoms with van der Waals surface area (Å²) in [5.74, 6) is -0.247. The summed E-state index contributed by atoms with van der Waals surface area (Å²) in [6.45, 7) is 0. The van der Waals surface area contributed by atoms with Gasteiger partial charge in [-0.3, -0.25) is 4.79 Å². The number of nitrogens with two attached hydrogens (primary N) is 1. The van der Waals surface area contributed by atoms with Gasteiger partial charge in [0.25, 0.3) is 0 Å². The van der Waals surface area contributed by atoms with E-state index in [2.05, 4.69) is 9.72 Å². The van der Waals surface area contributed by atoms with Crippen LogP contribution in [0.3, 0.4) is 0 Å². The molecule has 0 aliphatic carbocycles. The lowest BCUT2D eigenvalue weighted by molar-refractivity contribution is -0.144. The van der Waals surface area contributed by atoms with E-state index in [0.29, 0.717) is 22.2 Å². The first-order chi connectivity index (χ1) is 9.54. The van der Waals surface area contributed by atoms with Crippen molar-refractivity contribution in [3.05, 3.63) is 36.0 Å². The lowest BCUT2D eigenvalue weighted by Crippen LogP contribution is -2.23. The number of esters is 1. The summed E-state index contributed by atoms with van der Waals surface area (Å²) in [6.07, 6.45) is -1.40. The SMILES string of the molecule is COC(=O)CC(O)C(O)c1cnc(N)c2ccccc12. The van der Waals surface area contributed by atoms with Crippen molar-refractivity contribution in [2.75, 3.05) is 12.8 Å². The first-order valence-corrected chi connectivity index (χ1v) is 6.10. The molecule has 0 spiro atoms. The number of aliphatic hydroxyl groups is 2. The smallest absolute Gasteiger partial charge is 0.308 e. The van der Waals surface area contributed by atoms with Crippen molar-refractivity contribution in [1.29, 1.82) is 0 Å². The summed E-state index contributed by atoms with van der Waals surface area (Å²) in [4.78, 5) is 15.1. The van der Waals surface area contributed by atoms with E-state index in [1.165, 1.54) is 13.3 Å². The summed E-state index contributed by atoms with van der Waals surface area (Å²) >= 11 is 0. The zero-order chi connectivity index (χ0) is 14.7. The Balaban J connectivity index is 2.37. The molecule has 20 heavy (non-hydrogen) atoms. The van der Waals surface area contributed by atoms with Gasteiger partial charge in [-0.25, -0.2) is 4.98 Å². The summed E-state index contributed by atoms with van der Waals surface area (Å²) in [7, 11) is 1.22. The number of rotatable bonds is 4. The minimum Gasteiger partial charge on any atom is -0.469 e. The Kier molecular flexibility index (Phi) is 4.16. The lowest BCUT2D eigenvalue weighted by atomic mass is 9.98. The number of ether oxygens (including phenoxy) is 1. The van der Waals surface area contributed by atoms with Gasteiger partial charge in [0.1, 0.15) is 11.9 Å². The molecule has 6 nitrogen and oxygen atoms in total. The molecular weight excluding hydrogens is 260 g/mol. The fourth-order valence-corrected chi connectivity index (χ4v) is 2.05. The van der Waals surface area contributed by atoms with Gasteiger partial charge in [0.05, 0.1) is 19.6 Å². The van der Waals surface area contributed by atoms with Crippen molar-refractivity contribution < 1.29 is 19.7 Å². The number of pyridine rings is 1. The number of benzene rings is 1. The van der Waals surface area contributed by atoms with Crippen molar-refractivity contribution in [3.8, 4) is 0 Å². The molecule has 0 amide bonds. The second kappa shape index (κ2) is 5.85. The minimum absolute atomic E-state index is 0.295. The van der Waals surface area contributed by atoms with Crippen molar-refractivity contribution in [2.45, 2.75) is 18.6 Å². The molecule has 106 valence electrons. The molecule has 2 unspecified atom stereocenters. The number of aromatic nitrogens is 1.